The molecule has 0 saturated carbocycles. The fourth-order valence-electron chi connectivity index (χ4n) is 4.72. The molecule has 3 aliphatic rings. The zero-order chi connectivity index (χ0) is 20.1. The maximum absolute atomic E-state index is 12.7. The van der Waals surface area contributed by atoms with E-state index in [-0.39, 0.29) is 23.8 Å². The van der Waals surface area contributed by atoms with Crippen LogP contribution in [0.2, 0.25) is 0 Å². The number of likely N-dealkylation sites (tertiary alicyclic amines) is 1. The number of nitrogens with zero attached hydrogens (tertiary/aromatic N) is 2. The fraction of sp³-hybridized carbons (Fsp3) is 0.682. The number of carbonyl (C=O) groups excluding carboxylic acids is 2. The van der Waals surface area contributed by atoms with Gasteiger partial charge >= 0.3 is 0 Å². The second kappa shape index (κ2) is 9.67. The summed E-state index contributed by atoms with van der Waals surface area (Å²) in [5.74, 6) is 1.48. The van der Waals surface area contributed by atoms with Gasteiger partial charge < -0.3 is 19.7 Å². The van der Waals surface area contributed by atoms with Crippen molar-refractivity contribution in [3.8, 4) is 0 Å². The third-order valence-corrected chi connectivity index (χ3v) is 6.58. The number of nitrogens with one attached hydrogen (secondary N) is 1. The molecule has 4 heterocycles. The van der Waals surface area contributed by atoms with Gasteiger partial charge in [-0.15, -0.1) is 0 Å². The summed E-state index contributed by atoms with van der Waals surface area (Å²) in [5.41, 5.74) is 1.03. The van der Waals surface area contributed by atoms with E-state index in [1.807, 2.05) is 17.0 Å². The highest BCUT2D eigenvalue weighted by Crippen LogP contribution is 2.36. The molecule has 1 N–H and O–H groups in total. The summed E-state index contributed by atoms with van der Waals surface area (Å²) in [4.78, 5) is 31.1. The molecular weight excluding hydrogens is 370 g/mol. The number of carbonyl (C=O) groups is 2. The number of pyridine rings is 1. The molecule has 0 spiro atoms. The van der Waals surface area contributed by atoms with Crippen molar-refractivity contribution in [2.24, 2.45) is 17.8 Å². The van der Waals surface area contributed by atoms with Crippen molar-refractivity contribution < 1.29 is 19.1 Å². The van der Waals surface area contributed by atoms with Gasteiger partial charge in [0.05, 0.1) is 19.1 Å². The minimum atomic E-state index is -0.101. The van der Waals surface area contributed by atoms with E-state index >= 15 is 0 Å². The molecule has 0 radical (unpaired) electrons. The average Bonchev–Trinajstić information content (AvgIpc) is 3.41. The summed E-state index contributed by atoms with van der Waals surface area (Å²) in [7, 11) is 0. The molecule has 0 aromatic carbocycles. The van der Waals surface area contributed by atoms with Crippen LogP contribution in [0.4, 0.5) is 0 Å². The summed E-state index contributed by atoms with van der Waals surface area (Å²) < 4.78 is 11.4. The first-order chi connectivity index (χ1) is 14.2. The smallest absolute Gasteiger partial charge is 0.222 e. The van der Waals surface area contributed by atoms with Crippen molar-refractivity contribution in [3.05, 3.63) is 30.1 Å². The van der Waals surface area contributed by atoms with Gasteiger partial charge in [0.2, 0.25) is 11.8 Å². The van der Waals surface area contributed by atoms with Crippen molar-refractivity contribution in [1.29, 1.82) is 0 Å². The van der Waals surface area contributed by atoms with Gasteiger partial charge in [0.25, 0.3) is 0 Å². The van der Waals surface area contributed by atoms with Crippen molar-refractivity contribution in [1.82, 2.24) is 15.2 Å². The topological polar surface area (TPSA) is 80.8 Å². The number of hydrogen-bond acceptors (Lipinski definition) is 5. The van der Waals surface area contributed by atoms with Gasteiger partial charge in [-0.05, 0) is 48.8 Å². The van der Waals surface area contributed by atoms with E-state index in [9.17, 15) is 9.59 Å². The highest BCUT2D eigenvalue weighted by Gasteiger charge is 2.42. The molecule has 3 saturated heterocycles. The van der Waals surface area contributed by atoms with Gasteiger partial charge in [0, 0.05) is 57.6 Å². The first-order valence-electron chi connectivity index (χ1n) is 10.8. The molecule has 0 aliphatic carbocycles. The summed E-state index contributed by atoms with van der Waals surface area (Å²) in [6.45, 7) is 4.35. The summed E-state index contributed by atoms with van der Waals surface area (Å²) in [6.07, 6.45) is 7.26. The second-order valence-electron chi connectivity index (χ2n) is 8.53. The maximum atomic E-state index is 12.7. The molecular formula is C22H31N3O4. The molecule has 1 aromatic rings. The Kier molecular flexibility index (Phi) is 6.77. The summed E-state index contributed by atoms with van der Waals surface area (Å²) in [5, 5.41) is 2.97. The molecule has 4 atom stereocenters. The fourth-order valence-corrected chi connectivity index (χ4v) is 4.72. The Morgan fingerprint density at radius 1 is 1.21 bits per heavy atom. The normalized spacial score (nSPS) is 28.9. The molecule has 7 heteroatoms. The molecule has 4 rings (SSSR count). The predicted octanol–water partition coefficient (Wildman–Crippen LogP) is 1.77. The van der Waals surface area contributed by atoms with Crippen LogP contribution >= 0.6 is 0 Å². The maximum Gasteiger partial charge on any atom is 0.222 e. The zero-order valence-electron chi connectivity index (χ0n) is 16.9. The molecule has 29 heavy (non-hydrogen) atoms. The van der Waals surface area contributed by atoms with Gasteiger partial charge in [0.1, 0.15) is 0 Å². The Hall–Kier alpha value is -1.99. The molecule has 0 bridgehead atoms. The highest BCUT2D eigenvalue weighted by atomic mass is 16.5. The van der Waals surface area contributed by atoms with Crippen LogP contribution in [-0.2, 0) is 25.6 Å². The van der Waals surface area contributed by atoms with E-state index < -0.39 is 0 Å². The van der Waals surface area contributed by atoms with E-state index in [4.69, 9.17) is 9.47 Å². The van der Waals surface area contributed by atoms with E-state index in [1.165, 1.54) is 0 Å². The second-order valence-corrected chi connectivity index (χ2v) is 8.53. The molecule has 3 aliphatic heterocycles. The van der Waals surface area contributed by atoms with Crippen LogP contribution in [0, 0.1) is 17.8 Å². The van der Waals surface area contributed by atoms with Crippen LogP contribution in [0.5, 0.6) is 0 Å². The van der Waals surface area contributed by atoms with Crippen LogP contribution in [0.15, 0.2) is 24.5 Å². The first-order valence-corrected chi connectivity index (χ1v) is 10.8. The number of piperidine rings is 1. The first kappa shape index (κ1) is 20.3. The summed E-state index contributed by atoms with van der Waals surface area (Å²) in [6, 6.07) is 3.79. The lowest BCUT2D eigenvalue weighted by atomic mass is 9.83. The van der Waals surface area contributed by atoms with Crippen LogP contribution in [0.3, 0.4) is 0 Å². The average molecular weight is 402 g/mol. The van der Waals surface area contributed by atoms with Crippen molar-refractivity contribution in [2.45, 2.75) is 44.8 Å². The van der Waals surface area contributed by atoms with Gasteiger partial charge in [-0.3, -0.25) is 14.6 Å². The molecule has 1 aromatic heterocycles. The van der Waals surface area contributed by atoms with Crippen LogP contribution in [0.25, 0.3) is 0 Å². The van der Waals surface area contributed by atoms with Crippen molar-refractivity contribution >= 4 is 11.8 Å². The number of rotatable bonds is 7. The van der Waals surface area contributed by atoms with E-state index in [1.54, 1.807) is 12.4 Å². The van der Waals surface area contributed by atoms with E-state index in [0.29, 0.717) is 44.4 Å². The number of amides is 2. The van der Waals surface area contributed by atoms with Crippen molar-refractivity contribution in [3.63, 3.8) is 0 Å². The van der Waals surface area contributed by atoms with Crippen LogP contribution in [-0.4, -0.2) is 60.7 Å². The lowest BCUT2D eigenvalue weighted by molar-refractivity contribution is -0.134. The van der Waals surface area contributed by atoms with Crippen molar-refractivity contribution in [2.75, 3.05) is 32.9 Å². The SMILES string of the molecule is O=C(CC1OC[C@@H]2CCN(C(=O)CCC3CCOC3)C[C@H]12)NCc1ccncc1. The highest BCUT2D eigenvalue weighted by molar-refractivity contribution is 5.77. The quantitative estimate of drug-likeness (QED) is 0.753. The van der Waals surface area contributed by atoms with Gasteiger partial charge in [-0.2, -0.15) is 0 Å². The van der Waals surface area contributed by atoms with E-state index in [0.717, 1.165) is 44.6 Å². The largest absolute Gasteiger partial charge is 0.381 e. The molecule has 3 fully saturated rings. The number of ether oxygens (including phenoxy) is 2. The molecule has 2 unspecified atom stereocenters. The lowest BCUT2D eigenvalue weighted by Crippen LogP contribution is -2.46. The Labute approximate surface area is 172 Å². The standard InChI is InChI=1S/C22H31N3O4/c26-21(24-12-16-3-7-23-8-4-16)11-20-19-13-25(9-5-18(19)15-29-20)22(27)2-1-17-6-10-28-14-17/h3-4,7-8,17-20H,1-2,5-6,9-15H2,(H,24,26)/t17?,18-,19-,20?/m0/s1. The zero-order valence-corrected chi connectivity index (χ0v) is 16.9. The number of hydrogen-bond donors (Lipinski definition) is 1. The predicted molar refractivity (Wildman–Crippen MR) is 107 cm³/mol. The van der Waals surface area contributed by atoms with Gasteiger partial charge in [-0.1, -0.05) is 0 Å². The Morgan fingerprint density at radius 2 is 2.07 bits per heavy atom. The van der Waals surface area contributed by atoms with Crippen LogP contribution < -0.4 is 5.32 Å². The number of fused-ring (bicyclic) bond motifs is 1. The number of aromatic nitrogens is 1. The lowest BCUT2D eigenvalue weighted by Gasteiger charge is -2.36. The van der Waals surface area contributed by atoms with E-state index in [2.05, 4.69) is 10.3 Å². The Bertz CT molecular complexity index is 693. The minimum absolute atomic E-state index is 0.00264. The van der Waals surface area contributed by atoms with Crippen LogP contribution in [0.1, 0.15) is 37.7 Å². The third-order valence-electron chi connectivity index (χ3n) is 6.58. The molecule has 158 valence electrons. The van der Waals surface area contributed by atoms with Gasteiger partial charge in [0.15, 0.2) is 0 Å². The molecule has 2 amide bonds. The van der Waals surface area contributed by atoms with Gasteiger partial charge in [-0.25, -0.2) is 0 Å². The third kappa shape index (κ3) is 5.34. The minimum Gasteiger partial charge on any atom is -0.381 e. The monoisotopic (exact) mass is 401 g/mol. The molecule has 7 nitrogen and oxygen atoms in total. The Balaban J connectivity index is 1.24. The summed E-state index contributed by atoms with van der Waals surface area (Å²) >= 11 is 0. The Morgan fingerprint density at radius 3 is 2.86 bits per heavy atom.